The van der Waals surface area contributed by atoms with Gasteiger partial charge in [0.05, 0.1) is 19.3 Å². The van der Waals surface area contributed by atoms with Crippen LogP contribution in [0.25, 0.3) is 0 Å². The van der Waals surface area contributed by atoms with E-state index in [4.69, 9.17) is 10.5 Å². The van der Waals surface area contributed by atoms with Crippen LogP contribution in [0.1, 0.15) is 19.8 Å². The zero-order valence-electron chi connectivity index (χ0n) is 11.4. The van der Waals surface area contributed by atoms with Gasteiger partial charge in [0.1, 0.15) is 0 Å². The average molecular weight is 266 g/mol. The predicted molar refractivity (Wildman–Crippen MR) is 71.4 cm³/mol. The molecule has 2 unspecified atom stereocenters. The smallest absolute Gasteiger partial charge is 0.222 e. The Morgan fingerprint density at radius 3 is 3.16 bits per heavy atom. The second-order valence-corrected chi connectivity index (χ2v) is 5.08. The van der Waals surface area contributed by atoms with E-state index in [9.17, 15) is 4.79 Å². The molecule has 106 valence electrons. The zero-order chi connectivity index (χ0) is 13.7. The average Bonchev–Trinajstić information content (AvgIpc) is 2.89. The number of carbonyl (C=O) groups excluding carboxylic acids is 1. The maximum absolute atomic E-state index is 12.0. The number of amides is 1. The lowest BCUT2D eigenvalue weighted by Crippen LogP contribution is -2.47. The third-order valence-electron chi connectivity index (χ3n) is 3.25. The number of morpholine rings is 1. The van der Waals surface area contributed by atoms with Gasteiger partial charge in [-0.25, -0.2) is 0 Å². The van der Waals surface area contributed by atoms with Crippen molar-refractivity contribution >= 4 is 5.91 Å². The van der Waals surface area contributed by atoms with Gasteiger partial charge in [0, 0.05) is 37.9 Å². The highest BCUT2D eigenvalue weighted by Crippen LogP contribution is 2.10. The molecule has 2 heterocycles. The Labute approximate surface area is 113 Å². The van der Waals surface area contributed by atoms with Gasteiger partial charge in [0.15, 0.2) is 0 Å². The van der Waals surface area contributed by atoms with Gasteiger partial charge >= 0.3 is 0 Å². The first-order chi connectivity index (χ1) is 9.15. The molecule has 6 heteroatoms. The minimum Gasteiger partial charge on any atom is -0.373 e. The molecule has 2 rings (SSSR count). The van der Waals surface area contributed by atoms with E-state index in [1.54, 1.807) is 6.20 Å². The van der Waals surface area contributed by atoms with E-state index < -0.39 is 0 Å². The molecule has 0 aromatic carbocycles. The summed E-state index contributed by atoms with van der Waals surface area (Å²) in [5.41, 5.74) is 5.68. The molecule has 1 aliphatic rings. The van der Waals surface area contributed by atoms with Crippen molar-refractivity contribution in [3.63, 3.8) is 0 Å². The van der Waals surface area contributed by atoms with Crippen LogP contribution >= 0.6 is 0 Å². The van der Waals surface area contributed by atoms with Crippen molar-refractivity contribution in [2.24, 2.45) is 5.73 Å². The monoisotopic (exact) mass is 266 g/mol. The Morgan fingerprint density at radius 1 is 1.63 bits per heavy atom. The van der Waals surface area contributed by atoms with Gasteiger partial charge in [-0.05, 0) is 19.4 Å². The van der Waals surface area contributed by atoms with Crippen molar-refractivity contribution in [3.05, 3.63) is 18.5 Å². The minimum absolute atomic E-state index is 0.0212. The zero-order valence-corrected chi connectivity index (χ0v) is 11.4. The van der Waals surface area contributed by atoms with Crippen LogP contribution in [0.3, 0.4) is 0 Å². The fourth-order valence-electron chi connectivity index (χ4n) is 2.18. The molecular weight excluding hydrogens is 244 g/mol. The number of hydrogen-bond acceptors (Lipinski definition) is 4. The van der Waals surface area contributed by atoms with Crippen molar-refractivity contribution in [1.29, 1.82) is 0 Å². The quantitative estimate of drug-likeness (QED) is 0.828. The van der Waals surface area contributed by atoms with Crippen molar-refractivity contribution < 1.29 is 9.53 Å². The Morgan fingerprint density at radius 2 is 2.47 bits per heavy atom. The molecule has 19 heavy (non-hydrogen) atoms. The summed E-state index contributed by atoms with van der Waals surface area (Å²) in [6.07, 6.45) is 4.92. The third-order valence-corrected chi connectivity index (χ3v) is 3.25. The second kappa shape index (κ2) is 6.68. The van der Waals surface area contributed by atoms with Crippen LogP contribution in [-0.2, 0) is 16.1 Å². The summed E-state index contributed by atoms with van der Waals surface area (Å²) in [5.74, 6) is 0.172. The second-order valence-electron chi connectivity index (χ2n) is 5.08. The molecule has 0 saturated carbocycles. The van der Waals surface area contributed by atoms with Crippen molar-refractivity contribution in [2.45, 2.75) is 38.5 Å². The summed E-state index contributed by atoms with van der Waals surface area (Å²) in [6, 6.07) is 1.96. The van der Waals surface area contributed by atoms with Crippen LogP contribution in [0.15, 0.2) is 18.5 Å². The van der Waals surface area contributed by atoms with Gasteiger partial charge in [0.2, 0.25) is 5.91 Å². The van der Waals surface area contributed by atoms with Crippen LogP contribution in [0.4, 0.5) is 0 Å². The van der Waals surface area contributed by atoms with E-state index in [1.165, 1.54) is 0 Å². The Kier molecular flexibility index (Phi) is 4.93. The molecular formula is C13H22N4O2. The van der Waals surface area contributed by atoms with Crippen LogP contribution in [0, 0.1) is 0 Å². The summed E-state index contributed by atoms with van der Waals surface area (Å²) in [7, 11) is 0. The van der Waals surface area contributed by atoms with Gasteiger partial charge in [-0.2, -0.15) is 5.10 Å². The molecule has 0 bridgehead atoms. The number of nitrogens with zero attached hydrogens (tertiary/aromatic N) is 3. The first-order valence-electron chi connectivity index (χ1n) is 6.77. The van der Waals surface area contributed by atoms with Crippen molar-refractivity contribution in [3.8, 4) is 0 Å². The van der Waals surface area contributed by atoms with Gasteiger partial charge < -0.3 is 15.4 Å². The van der Waals surface area contributed by atoms with E-state index in [0.717, 1.165) is 6.42 Å². The topological polar surface area (TPSA) is 73.4 Å². The molecule has 1 aromatic heterocycles. The van der Waals surface area contributed by atoms with E-state index in [2.05, 4.69) is 5.10 Å². The molecule has 0 spiro atoms. The largest absolute Gasteiger partial charge is 0.373 e. The Balaban J connectivity index is 1.81. The van der Waals surface area contributed by atoms with Gasteiger partial charge in [-0.15, -0.1) is 0 Å². The molecule has 0 aliphatic carbocycles. The third kappa shape index (κ3) is 4.33. The molecule has 1 fully saturated rings. The Bertz CT molecular complexity index is 391. The highest BCUT2D eigenvalue weighted by Gasteiger charge is 2.24. The minimum atomic E-state index is 0.0212. The standard InChI is InChI=1S/C13H22N4O2/c1-11(14)3-4-13(18)16-7-8-19-12(9-16)10-17-6-2-5-15-17/h2,5-6,11-12H,3-4,7-10,14H2,1H3. The van der Waals surface area contributed by atoms with Gasteiger partial charge in [-0.3, -0.25) is 9.48 Å². The number of aromatic nitrogens is 2. The predicted octanol–water partition coefficient (Wildman–Crippen LogP) is 0.238. The van der Waals surface area contributed by atoms with Crippen LogP contribution in [-0.4, -0.2) is 52.4 Å². The number of rotatable bonds is 5. The fourth-order valence-corrected chi connectivity index (χ4v) is 2.18. The molecule has 0 radical (unpaired) electrons. The molecule has 2 atom stereocenters. The van der Waals surface area contributed by atoms with Gasteiger partial charge in [-0.1, -0.05) is 0 Å². The van der Waals surface area contributed by atoms with Crippen LogP contribution in [0.2, 0.25) is 0 Å². The molecule has 1 saturated heterocycles. The maximum Gasteiger partial charge on any atom is 0.222 e. The van der Waals surface area contributed by atoms with E-state index in [-0.39, 0.29) is 18.1 Å². The molecule has 2 N–H and O–H groups in total. The van der Waals surface area contributed by atoms with Crippen LogP contribution < -0.4 is 5.73 Å². The molecule has 1 aliphatic heterocycles. The summed E-state index contributed by atoms with van der Waals surface area (Å²) < 4.78 is 7.51. The van der Waals surface area contributed by atoms with E-state index >= 15 is 0 Å². The summed E-state index contributed by atoms with van der Waals surface area (Å²) in [6.45, 7) is 4.51. The molecule has 1 amide bonds. The first kappa shape index (κ1) is 14.0. The molecule has 6 nitrogen and oxygen atoms in total. The first-order valence-corrected chi connectivity index (χ1v) is 6.77. The van der Waals surface area contributed by atoms with Crippen molar-refractivity contribution in [1.82, 2.24) is 14.7 Å². The lowest BCUT2D eigenvalue weighted by Gasteiger charge is -2.33. The summed E-state index contributed by atoms with van der Waals surface area (Å²) >= 11 is 0. The van der Waals surface area contributed by atoms with E-state index in [0.29, 0.717) is 32.7 Å². The molecule has 1 aromatic rings. The number of hydrogen-bond donors (Lipinski definition) is 1. The lowest BCUT2D eigenvalue weighted by atomic mass is 10.1. The maximum atomic E-state index is 12.0. The summed E-state index contributed by atoms with van der Waals surface area (Å²) in [4.78, 5) is 13.9. The highest BCUT2D eigenvalue weighted by molar-refractivity contribution is 5.76. The lowest BCUT2D eigenvalue weighted by molar-refractivity contribution is -0.139. The number of nitrogens with two attached hydrogens (primary N) is 1. The van der Waals surface area contributed by atoms with Crippen LogP contribution in [0.5, 0.6) is 0 Å². The SMILES string of the molecule is CC(N)CCC(=O)N1CCOC(Cn2cccn2)C1. The highest BCUT2D eigenvalue weighted by atomic mass is 16.5. The Hall–Kier alpha value is -1.40. The van der Waals surface area contributed by atoms with E-state index in [1.807, 2.05) is 28.8 Å². The number of ether oxygens (including phenoxy) is 1. The fraction of sp³-hybridized carbons (Fsp3) is 0.692. The summed E-state index contributed by atoms with van der Waals surface area (Å²) in [5, 5.41) is 4.16. The van der Waals surface area contributed by atoms with Crippen molar-refractivity contribution in [2.75, 3.05) is 19.7 Å². The number of carbonyl (C=O) groups is 1. The normalized spacial score (nSPS) is 21.4. The van der Waals surface area contributed by atoms with Gasteiger partial charge in [0.25, 0.3) is 0 Å².